The second kappa shape index (κ2) is 2.76. The first-order valence-corrected chi connectivity index (χ1v) is 4.29. The smallest absolute Gasteiger partial charge is 0.335 e. The van der Waals surface area contributed by atoms with Crippen molar-refractivity contribution < 1.29 is 9.90 Å². The van der Waals surface area contributed by atoms with Gasteiger partial charge in [-0.05, 0) is 37.1 Å². The molecule has 1 unspecified atom stereocenters. The number of carboxylic acids is 1. The zero-order valence-corrected chi connectivity index (χ0v) is 7.37. The second-order valence-corrected chi connectivity index (χ2v) is 3.43. The molecule has 1 aliphatic rings. The first-order valence-electron chi connectivity index (χ1n) is 4.29. The number of hydrogen-bond donors (Lipinski definition) is 2. The average Bonchev–Trinajstić information content (AvgIpc) is 2.42. The van der Waals surface area contributed by atoms with Crippen molar-refractivity contribution in [3.8, 4) is 0 Å². The van der Waals surface area contributed by atoms with Crippen LogP contribution in [0.15, 0.2) is 18.2 Å². The summed E-state index contributed by atoms with van der Waals surface area (Å²) in [6.45, 7) is 2.08. The monoisotopic (exact) mass is 177 g/mol. The van der Waals surface area contributed by atoms with Crippen LogP contribution in [-0.4, -0.2) is 17.1 Å². The topological polar surface area (TPSA) is 49.3 Å². The lowest BCUT2D eigenvalue weighted by Crippen LogP contribution is -2.08. The fourth-order valence-electron chi connectivity index (χ4n) is 1.68. The molecule has 1 aliphatic heterocycles. The molecule has 3 heteroatoms. The van der Waals surface area contributed by atoms with Gasteiger partial charge in [0.05, 0.1) is 5.56 Å². The number of fused-ring (bicyclic) bond motifs is 1. The summed E-state index contributed by atoms with van der Waals surface area (Å²) >= 11 is 0. The number of aromatic carboxylic acids is 1. The van der Waals surface area contributed by atoms with Crippen molar-refractivity contribution in [1.82, 2.24) is 0 Å². The van der Waals surface area contributed by atoms with Crippen LogP contribution in [0, 0.1) is 0 Å². The van der Waals surface area contributed by atoms with E-state index in [9.17, 15) is 4.79 Å². The quantitative estimate of drug-likeness (QED) is 0.687. The summed E-state index contributed by atoms with van der Waals surface area (Å²) in [7, 11) is 0. The molecule has 2 rings (SSSR count). The molecule has 13 heavy (non-hydrogen) atoms. The molecule has 0 saturated carbocycles. The Morgan fingerprint density at radius 1 is 1.62 bits per heavy atom. The van der Waals surface area contributed by atoms with Crippen molar-refractivity contribution in [2.24, 2.45) is 0 Å². The van der Waals surface area contributed by atoms with Crippen molar-refractivity contribution >= 4 is 11.7 Å². The summed E-state index contributed by atoms with van der Waals surface area (Å²) in [5.41, 5.74) is 2.54. The van der Waals surface area contributed by atoms with Gasteiger partial charge in [-0.1, -0.05) is 0 Å². The molecule has 0 radical (unpaired) electrons. The van der Waals surface area contributed by atoms with Crippen LogP contribution in [-0.2, 0) is 6.42 Å². The molecule has 1 aromatic rings. The Bertz CT molecular complexity index is 360. The number of rotatable bonds is 1. The van der Waals surface area contributed by atoms with Crippen LogP contribution in [0.4, 0.5) is 5.69 Å². The molecule has 1 aromatic carbocycles. The third kappa shape index (κ3) is 1.37. The zero-order valence-electron chi connectivity index (χ0n) is 7.37. The molecule has 0 fully saturated rings. The van der Waals surface area contributed by atoms with Gasteiger partial charge in [-0.3, -0.25) is 0 Å². The van der Waals surface area contributed by atoms with E-state index in [1.807, 2.05) is 6.07 Å². The van der Waals surface area contributed by atoms with Crippen LogP contribution in [0.3, 0.4) is 0 Å². The highest BCUT2D eigenvalue weighted by atomic mass is 16.4. The maximum atomic E-state index is 10.7. The number of anilines is 1. The van der Waals surface area contributed by atoms with Crippen molar-refractivity contribution in [2.75, 3.05) is 5.32 Å². The lowest BCUT2D eigenvalue weighted by molar-refractivity contribution is 0.0697. The normalized spacial score (nSPS) is 19.3. The molecule has 0 spiro atoms. The van der Waals surface area contributed by atoms with Gasteiger partial charge in [0.1, 0.15) is 0 Å². The average molecular weight is 177 g/mol. The Hall–Kier alpha value is -1.51. The molecule has 0 bridgehead atoms. The fourth-order valence-corrected chi connectivity index (χ4v) is 1.68. The van der Waals surface area contributed by atoms with E-state index in [1.165, 1.54) is 0 Å². The van der Waals surface area contributed by atoms with E-state index in [4.69, 9.17) is 5.11 Å². The number of nitrogens with one attached hydrogen (secondary N) is 1. The fraction of sp³-hybridized carbons (Fsp3) is 0.300. The Kier molecular flexibility index (Phi) is 1.72. The van der Waals surface area contributed by atoms with E-state index in [1.54, 1.807) is 12.1 Å². The minimum absolute atomic E-state index is 0.370. The first-order chi connectivity index (χ1) is 6.16. The van der Waals surface area contributed by atoms with E-state index < -0.39 is 5.97 Å². The van der Waals surface area contributed by atoms with Gasteiger partial charge in [0.15, 0.2) is 0 Å². The van der Waals surface area contributed by atoms with Crippen molar-refractivity contribution in [2.45, 2.75) is 19.4 Å². The van der Waals surface area contributed by atoms with Gasteiger partial charge >= 0.3 is 5.97 Å². The van der Waals surface area contributed by atoms with Crippen LogP contribution in [0.1, 0.15) is 22.8 Å². The lowest BCUT2D eigenvalue weighted by Gasteiger charge is -2.01. The van der Waals surface area contributed by atoms with Crippen molar-refractivity contribution in [3.05, 3.63) is 29.3 Å². The number of carboxylic acid groups (broad SMARTS) is 1. The highest BCUT2D eigenvalue weighted by Gasteiger charge is 2.17. The minimum atomic E-state index is -0.859. The maximum absolute atomic E-state index is 10.7. The number of hydrogen-bond acceptors (Lipinski definition) is 2. The third-order valence-electron chi connectivity index (χ3n) is 2.28. The molecular formula is C10H11NO2. The van der Waals surface area contributed by atoms with Crippen LogP contribution >= 0.6 is 0 Å². The Morgan fingerprint density at radius 2 is 2.38 bits per heavy atom. The molecule has 0 amide bonds. The van der Waals surface area contributed by atoms with Crippen molar-refractivity contribution in [1.29, 1.82) is 0 Å². The van der Waals surface area contributed by atoms with Gasteiger partial charge in [-0.15, -0.1) is 0 Å². The van der Waals surface area contributed by atoms with Crippen molar-refractivity contribution in [3.63, 3.8) is 0 Å². The highest BCUT2D eigenvalue weighted by molar-refractivity contribution is 5.88. The summed E-state index contributed by atoms with van der Waals surface area (Å²) in [4.78, 5) is 10.7. The van der Waals surface area contributed by atoms with Gasteiger partial charge in [-0.25, -0.2) is 4.79 Å². The zero-order chi connectivity index (χ0) is 9.42. The number of carbonyl (C=O) groups is 1. The van der Waals surface area contributed by atoms with Gasteiger partial charge in [0, 0.05) is 11.7 Å². The molecule has 3 nitrogen and oxygen atoms in total. The molecule has 2 N–H and O–H groups in total. The molecular weight excluding hydrogens is 166 g/mol. The molecule has 1 atom stereocenters. The Balaban J connectivity index is 2.40. The maximum Gasteiger partial charge on any atom is 0.335 e. The standard InChI is InChI=1S/C10H11NO2/c1-6-4-8-5-7(10(12)13)2-3-9(8)11-6/h2-3,5-6,11H,4H2,1H3,(H,12,13). The van der Waals surface area contributed by atoms with Gasteiger partial charge in [0.2, 0.25) is 0 Å². The summed E-state index contributed by atoms with van der Waals surface area (Å²) in [6, 6.07) is 5.63. The van der Waals surface area contributed by atoms with E-state index in [0.29, 0.717) is 11.6 Å². The Labute approximate surface area is 76.4 Å². The van der Waals surface area contributed by atoms with E-state index >= 15 is 0 Å². The summed E-state index contributed by atoms with van der Waals surface area (Å²) < 4.78 is 0. The van der Waals surface area contributed by atoms with Crippen LogP contribution in [0.25, 0.3) is 0 Å². The van der Waals surface area contributed by atoms with E-state index in [-0.39, 0.29) is 0 Å². The molecule has 0 aliphatic carbocycles. The van der Waals surface area contributed by atoms with Crippen LogP contribution in [0.2, 0.25) is 0 Å². The number of benzene rings is 1. The van der Waals surface area contributed by atoms with E-state index in [0.717, 1.165) is 17.7 Å². The largest absolute Gasteiger partial charge is 0.478 e. The molecule has 0 saturated heterocycles. The molecule has 68 valence electrons. The highest BCUT2D eigenvalue weighted by Crippen LogP contribution is 2.26. The van der Waals surface area contributed by atoms with Crippen LogP contribution in [0.5, 0.6) is 0 Å². The molecule has 1 heterocycles. The Morgan fingerprint density at radius 3 is 3.08 bits per heavy atom. The predicted molar refractivity (Wildman–Crippen MR) is 50.2 cm³/mol. The summed E-state index contributed by atoms with van der Waals surface area (Å²) in [6.07, 6.45) is 0.913. The predicted octanol–water partition coefficient (Wildman–Crippen LogP) is 1.74. The van der Waals surface area contributed by atoms with E-state index in [2.05, 4.69) is 12.2 Å². The SMILES string of the molecule is CC1Cc2cc(C(=O)O)ccc2N1. The second-order valence-electron chi connectivity index (χ2n) is 3.43. The summed E-state index contributed by atoms with van der Waals surface area (Å²) in [5.74, 6) is -0.859. The first kappa shape index (κ1) is 8.10. The van der Waals surface area contributed by atoms with Gasteiger partial charge < -0.3 is 10.4 Å². The lowest BCUT2D eigenvalue weighted by atomic mass is 10.1. The minimum Gasteiger partial charge on any atom is -0.478 e. The third-order valence-corrected chi connectivity index (χ3v) is 2.28. The van der Waals surface area contributed by atoms with Gasteiger partial charge in [0.25, 0.3) is 0 Å². The summed E-state index contributed by atoms with van der Waals surface area (Å²) in [5, 5.41) is 12.0. The molecule has 0 aromatic heterocycles. The van der Waals surface area contributed by atoms with Gasteiger partial charge in [-0.2, -0.15) is 0 Å². The van der Waals surface area contributed by atoms with Crippen LogP contribution < -0.4 is 5.32 Å².